The highest BCUT2D eigenvalue weighted by Gasteiger charge is 2.20. The Morgan fingerprint density at radius 3 is 2.40 bits per heavy atom. The van der Waals surface area contributed by atoms with Crippen LogP contribution in [-0.4, -0.2) is 70.5 Å². The molecule has 1 N–H and O–H groups in total. The third-order valence-corrected chi connectivity index (χ3v) is 6.29. The van der Waals surface area contributed by atoms with Crippen LogP contribution in [0.15, 0.2) is 41.6 Å². The van der Waals surface area contributed by atoms with Gasteiger partial charge in [-0.1, -0.05) is 17.7 Å². The monoisotopic (exact) mass is 429 g/mol. The second-order valence-corrected chi connectivity index (χ2v) is 10.2. The molecule has 2 aromatic rings. The zero-order valence-corrected chi connectivity index (χ0v) is 19.5. The van der Waals surface area contributed by atoms with Crippen LogP contribution in [0.2, 0.25) is 0 Å². The van der Waals surface area contributed by atoms with Gasteiger partial charge in [-0.05, 0) is 39.8 Å². The van der Waals surface area contributed by atoms with Crippen LogP contribution in [0, 0.1) is 6.92 Å². The van der Waals surface area contributed by atoms with Gasteiger partial charge in [0.15, 0.2) is 0 Å². The largest absolute Gasteiger partial charge is 0.354 e. The minimum absolute atomic E-state index is 0.0168. The van der Waals surface area contributed by atoms with Crippen molar-refractivity contribution >= 4 is 17.7 Å². The SMILES string of the molecule is Cc1ccc(SCCNC(=O)CN2CCN(Cc3cnn(C(C)(C)C)c3)CC2)cc1. The number of benzene rings is 1. The summed E-state index contributed by atoms with van der Waals surface area (Å²) in [5.74, 6) is 1.02. The number of nitrogens with zero attached hydrogens (tertiary/aromatic N) is 4. The quantitative estimate of drug-likeness (QED) is 0.516. The molecule has 1 aliphatic rings. The van der Waals surface area contributed by atoms with Gasteiger partial charge in [-0.25, -0.2) is 0 Å². The van der Waals surface area contributed by atoms with Crippen LogP contribution in [-0.2, 0) is 16.9 Å². The molecular weight excluding hydrogens is 394 g/mol. The third kappa shape index (κ3) is 7.15. The van der Waals surface area contributed by atoms with E-state index in [9.17, 15) is 4.79 Å². The average Bonchev–Trinajstić information content (AvgIpc) is 3.17. The van der Waals surface area contributed by atoms with E-state index in [1.807, 2.05) is 10.9 Å². The maximum atomic E-state index is 12.2. The van der Waals surface area contributed by atoms with Gasteiger partial charge in [0.1, 0.15) is 0 Å². The van der Waals surface area contributed by atoms with E-state index in [0.29, 0.717) is 13.1 Å². The Kier molecular flexibility index (Phi) is 7.97. The maximum Gasteiger partial charge on any atom is 0.234 e. The zero-order valence-electron chi connectivity index (χ0n) is 18.7. The molecule has 0 spiro atoms. The summed E-state index contributed by atoms with van der Waals surface area (Å²) in [6.07, 6.45) is 4.12. The van der Waals surface area contributed by atoms with Gasteiger partial charge in [-0.2, -0.15) is 5.10 Å². The molecule has 2 heterocycles. The van der Waals surface area contributed by atoms with Crippen molar-refractivity contribution in [3.05, 3.63) is 47.8 Å². The van der Waals surface area contributed by atoms with E-state index in [-0.39, 0.29) is 11.4 Å². The molecule has 1 aromatic carbocycles. The summed E-state index contributed by atoms with van der Waals surface area (Å²) in [6, 6.07) is 8.51. The van der Waals surface area contributed by atoms with Gasteiger partial charge in [0.2, 0.25) is 5.91 Å². The molecule has 0 bridgehead atoms. The maximum absolute atomic E-state index is 12.2. The minimum Gasteiger partial charge on any atom is -0.354 e. The van der Waals surface area contributed by atoms with Crippen molar-refractivity contribution in [2.24, 2.45) is 0 Å². The van der Waals surface area contributed by atoms with Gasteiger partial charge < -0.3 is 5.32 Å². The first kappa shape index (κ1) is 22.8. The highest BCUT2D eigenvalue weighted by atomic mass is 32.2. The summed E-state index contributed by atoms with van der Waals surface area (Å²) in [5, 5.41) is 7.54. The lowest BCUT2D eigenvalue weighted by atomic mass is 10.1. The zero-order chi connectivity index (χ0) is 21.6. The van der Waals surface area contributed by atoms with Gasteiger partial charge in [-0.15, -0.1) is 11.8 Å². The molecule has 0 radical (unpaired) electrons. The second-order valence-electron chi connectivity index (χ2n) is 9.03. The average molecular weight is 430 g/mol. The Morgan fingerprint density at radius 1 is 1.10 bits per heavy atom. The molecule has 0 aliphatic carbocycles. The van der Waals surface area contributed by atoms with Crippen molar-refractivity contribution in [2.45, 2.75) is 44.7 Å². The van der Waals surface area contributed by atoms with Crippen LogP contribution in [0.4, 0.5) is 0 Å². The first-order valence-corrected chi connectivity index (χ1v) is 11.7. The van der Waals surface area contributed by atoms with Crippen molar-refractivity contribution in [1.82, 2.24) is 24.9 Å². The van der Waals surface area contributed by atoms with Gasteiger partial charge in [0, 0.05) is 61.7 Å². The standard InChI is InChI=1S/C23H35N5OS/c1-19-5-7-21(8-6-19)30-14-9-24-22(29)18-27-12-10-26(11-13-27)16-20-15-25-28(17-20)23(2,3)4/h5-8,15,17H,9-14,16,18H2,1-4H3,(H,24,29). The highest BCUT2D eigenvalue weighted by Crippen LogP contribution is 2.17. The summed E-state index contributed by atoms with van der Waals surface area (Å²) in [6.45, 7) is 14.5. The van der Waals surface area contributed by atoms with E-state index in [2.05, 4.69) is 78.4 Å². The molecule has 1 fully saturated rings. The van der Waals surface area contributed by atoms with Gasteiger partial charge in [-0.3, -0.25) is 19.3 Å². The second kappa shape index (κ2) is 10.5. The molecule has 0 saturated carbocycles. The fraction of sp³-hybridized carbons (Fsp3) is 0.565. The number of nitrogens with one attached hydrogen (secondary N) is 1. The summed E-state index contributed by atoms with van der Waals surface area (Å²) in [5.41, 5.74) is 2.54. The fourth-order valence-electron chi connectivity index (χ4n) is 3.43. The normalized spacial score (nSPS) is 16.0. The number of rotatable bonds is 8. The smallest absolute Gasteiger partial charge is 0.234 e. The minimum atomic E-state index is 0.0168. The topological polar surface area (TPSA) is 53.4 Å². The molecule has 1 aliphatic heterocycles. The van der Waals surface area contributed by atoms with Gasteiger partial charge in [0.25, 0.3) is 0 Å². The molecule has 1 amide bonds. The first-order chi connectivity index (χ1) is 14.3. The number of carbonyl (C=O) groups is 1. The molecule has 1 saturated heterocycles. The number of aryl methyl sites for hydroxylation is 1. The predicted octanol–water partition coefficient (Wildman–Crippen LogP) is 2.97. The summed E-state index contributed by atoms with van der Waals surface area (Å²) in [7, 11) is 0. The molecular formula is C23H35N5OS. The number of amides is 1. The Bertz CT molecular complexity index is 804. The van der Waals surface area contributed by atoms with E-state index >= 15 is 0 Å². The Balaban J connectivity index is 1.30. The third-order valence-electron chi connectivity index (χ3n) is 5.28. The van der Waals surface area contributed by atoms with Crippen molar-refractivity contribution < 1.29 is 4.79 Å². The lowest BCUT2D eigenvalue weighted by Crippen LogP contribution is -2.49. The molecule has 3 rings (SSSR count). The van der Waals surface area contributed by atoms with Crippen LogP contribution in [0.25, 0.3) is 0 Å². The number of thioether (sulfide) groups is 1. The van der Waals surface area contributed by atoms with E-state index < -0.39 is 0 Å². The van der Waals surface area contributed by atoms with Crippen molar-refractivity contribution in [3.8, 4) is 0 Å². The molecule has 0 atom stereocenters. The Hall–Kier alpha value is -1.83. The summed E-state index contributed by atoms with van der Waals surface area (Å²) in [4.78, 5) is 18.2. The molecule has 6 nitrogen and oxygen atoms in total. The van der Waals surface area contributed by atoms with E-state index in [4.69, 9.17) is 0 Å². The van der Waals surface area contributed by atoms with Crippen LogP contribution >= 0.6 is 11.8 Å². The highest BCUT2D eigenvalue weighted by molar-refractivity contribution is 7.99. The fourth-order valence-corrected chi connectivity index (χ4v) is 4.19. The number of hydrogen-bond donors (Lipinski definition) is 1. The number of aromatic nitrogens is 2. The Morgan fingerprint density at radius 2 is 1.77 bits per heavy atom. The lowest BCUT2D eigenvalue weighted by Gasteiger charge is -2.34. The predicted molar refractivity (Wildman–Crippen MR) is 124 cm³/mol. The van der Waals surface area contributed by atoms with Crippen LogP contribution in [0.1, 0.15) is 31.9 Å². The molecule has 164 valence electrons. The first-order valence-electron chi connectivity index (χ1n) is 10.7. The summed E-state index contributed by atoms with van der Waals surface area (Å²) >= 11 is 1.78. The van der Waals surface area contributed by atoms with E-state index in [1.54, 1.807) is 11.8 Å². The van der Waals surface area contributed by atoms with Crippen molar-refractivity contribution in [2.75, 3.05) is 45.0 Å². The number of hydrogen-bond acceptors (Lipinski definition) is 5. The van der Waals surface area contributed by atoms with Crippen molar-refractivity contribution in [1.29, 1.82) is 0 Å². The van der Waals surface area contributed by atoms with Crippen LogP contribution in [0.5, 0.6) is 0 Å². The molecule has 1 aromatic heterocycles. The van der Waals surface area contributed by atoms with Crippen molar-refractivity contribution in [3.63, 3.8) is 0 Å². The summed E-state index contributed by atoms with van der Waals surface area (Å²) < 4.78 is 2.03. The van der Waals surface area contributed by atoms with Gasteiger partial charge in [0.05, 0.1) is 18.3 Å². The Labute approximate surface area is 185 Å². The number of piperazine rings is 1. The van der Waals surface area contributed by atoms with Crippen LogP contribution in [0.3, 0.4) is 0 Å². The van der Waals surface area contributed by atoms with E-state index in [0.717, 1.165) is 38.5 Å². The van der Waals surface area contributed by atoms with Crippen LogP contribution < -0.4 is 5.32 Å². The lowest BCUT2D eigenvalue weighted by molar-refractivity contribution is -0.122. The molecule has 7 heteroatoms. The number of carbonyl (C=O) groups excluding carboxylic acids is 1. The van der Waals surface area contributed by atoms with Gasteiger partial charge >= 0.3 is 0 Å². The van der Waals surface area contributed by atoms with E-state index in [1.165, 1.54) is 16.0 Å². The molecule has 30 heavy (non-hydrogen) atoms. The molecule has 0 unspecified atom stereocenters.